The first-order valence-electron chi connectivity index (χ1n) is 12.7. The zero-order valence-electron chi connectivity index (χ0n) is 21.5. The van der Waals surface area contributed by atoms with Crippen LogP contribution in [0.4, 0.5) is 0 Å². The predicted molar refractivity (Wildman–Crippen MR) is 133 cm³/mol. The number of carbonyl (C=O) groups excluding carboxylic acids is 1. The summed E-state index contributed by atoms with van der Waals surface area (Å²) in [7, 11) is 0. The average Bonchev–Trinajstić information content (AvgIpc) is 2.75. The lowest BCUT2D eigenvalue weighted by Crippen LogP contribution is -2.47. The lowest BCUT2D eigenvalue weighted by atomic mass is 9.66. The van der Waals surface area contributed by atoms with Gasteiger partial charge in [0, 0.05) is 23.0 Å². The maximum absolute atomic E-state index is 12.7. The Morgan fingerprint density at radius 2 is 1.94 bits per heavy atom. The summed E-state index contributed by atoms with van der Waals surface area (Å²) < 4.78 is 6.47. The van der Waals surface area contributed by atoms with Crippen LogP contribution in [0.5, 0.6) is 11.5 Å². The van der Waals surface area contributed by atoms with Crippen LogP contribution in [-0.2, 0) is 15.0 Å². The van der Waals surface area contributed by atoms with E-state index in [1.54, 1.807) is 0 Å². The van der Waals surface area contributed by atoms with Crippen molar-refractivity contribution in [1.29, 1.82) is 0 Å². The molecule has 3 rings (SSSR count). The minimum atomic E-state index is -1.07. The van der Waals surface area contributed by atoms with E-state index in [1.807, 2.05) is 12.1 Å². The summed E-state index contributed by atoms with van der Waals surface area (Å²) in [6, 6.07) is 3.00. The van der Waals surface area contributed by atoms with Crippen molar-refractivity contribution in [3.63, 3.8) is 0 Å². The molecule has 0 saturated heterocycles. The fraction of sp³-hybridized carbons (Fsp3) is 0.643. The maximum Gasteiger partial charge on any atom is 0.325 e. The molecule has 188 valence electrons. The summed E-state index contributed by atoms with van der Waals surface area (Å²) in [5.74, 6) is -0.478. The largest absolute Gasteiger partial charge is 0.508 e. The van der Waals surface area contributed by atoms with Gasteiger partial charge in [0.05, 0.1) is 0 Å². The van der Waals surface area contributed by atoms with Crippen LogP contribution in [0.3, 0.4) is 0 Å². The number of hydrogen-bond donors (Lipinski definition) is 3. The third-order valence-electron chi connectivity index (χ3n) is 7.75. The van der Waals surface area contributed by atoms with E-state index in [9.17, 15) is 14.7 Å². The topological polar surface area (TPSA) is 95.9 Å². The number of aromatic hydroxyl groups is 1. The van der Waals surface area contributed by atoms with Gasteiger partial charge in [-0.1, -0.05) is 52.5 Å². The van der Waals surface area contributed by atoms with Gasteiger partial charge in [0.2, 0.25) is 5.91 Å². The van der Waals surface area contributed by atoms with E-state index >= 15 is 0 Å². The second-order valence-electron chi connectivity index (χ2n) is 11.2. The number of phenols is 1. The summed E-state index contributed by atoms with van der Waals surface area (Å²) in [4.78, 5) is 23.9. The Hall–Kier alpha value is -2.50. The smallest absolute Gasteiger partial charge is 0.325 e. The molecular weight excluding hydrogens is 430 g/mol. The Labute approximate surface area is 203 Å². The molecule has 0 spiro atoms. The van der Waals surface area contributed by atoms with E-state index in [2.05, 4.69) is 46.0 Å². The van der Waals surface area contributed by atoms with Crippen LogP contribution in [0.15, 0.2) is 23.8 Å². The first-order valence-corrected chi connectivity index (χ1v) is 12.7. The lowest BCUT2D eigenvalue weighted by molar-refractivity contribution is -0.140. The molecule has 6 heteroatoms. The molecule has 0 unspecified atom stereocenters. The Balaban J connectivity index is 1.90. The summed E-state index contributed by atoms with van der Waals surface area (Å²) >= 11 is 0. The number of aliphatic carboxylic acids is 1. The van der Waals surface area contributed by atoms with Gasteiger partial charge in [-0.3, -0.25) is 9.59 Å². The molecule has 3 atom stereocenters. The molecule has 0 bridgehead atoms. The molecule has 1 aromatic rings. The zero-order valence-corrected chi connectivity index (χ0v) is 21.5. The van der Waals surface area contributed by atoms with Crippen molar-refractivity contribution in [2.75, 3.05) is 0 Å². The van der Waals surface area contributed by atoms with E-state index < -0.39 is 17.6 Å². The molecule has 2 aliphatic rings. The number of nitrogens with one attached hydrogen (secondary N) is 1. The number of rotatable bonds is 9. The average molecular weight is 472 g/mol. The van der Waals surface area contributed by atoms with Crippen LogP contribution >= 0.6 is 0 Å². The number of carboxylic acids is 1. The lowest BCUT2D eigenvalue weighted by Gasteiger charge is -2.47. The van der Waals surface area contributed by atoms with Crippen LogP contribution in [0.25, 0.3) is 0 Å². The molecule has 1 heterocycles. The van der Waals surface area contributed by atoms with Gasteiger partial charge in [-0.05, 0) is 63.1 Å². The Bertz CT molecular complexity index is 962. The van der Waals surface area contributed by atoms with Crippen molar-refractivity contribution in [2.45, 2.75) is 109 Å². The van der Waals surface area contributed by atoms with E-state index in [4.69, 9.17) is 9.84 Å². The van der Waals surface area contributed by atoms with Crippen molar-refractivity contribution in [3.05, 3.63) is 34.9 Å². The number of allylic oxidation sites excluding steroid dienone is 1. The van der Waals surface area contributed by atoms with Gasteiger partial charge in [-0.2, -0.15) is 0 Å². The van der Waals surface area contributed by atoms with Gasteiger partial charge in [-0.25, -0.2) is 0 Å². The minimum absolute atomic E-state index is 0.0775. The number of carbonyl (C=O) groups is 2. The van der Waals surface area contributed by atoms with Gasteiger partial charge in [0.15, 0.2) is 0 Å². The van der Waals surface area contributed by atoms with Crippen LogP contribution < -0.4 is 10.1 Å². The number of benzene rings is 1. The molecule has 1 aliphatic carbocycles. The third kappa shape index (κ3) is 5.42. The number of fused-ring (bicyclic) bond motifs is 3. The van der Waals surface area contributed by atoms with E-state index in [-0.39, 0.29) is 28.9 Å². The highest BCUT2D eigenvalue weighted by Crippen LogP contribution is 2.55. The molecule has 1 amide bonds. The Morgan fingerprint density at radius 1 is 1.24 bits per heavy atom. The van der Waals surface area contributed by atoms with E-state index in [0.29, 0.717) is 24.2 Å². The molecular formula is C28H41NO5. The normalized spacial score (nSPS) is 22.0. The van der Waals surface area contributed by atoms with Gasteiger partial charge >= 0.3 is 5.97 Å². The van der Waals surface area contributed by atoms with E-state index in [0.717, 1.165) is 24.0 Å². The summed E-state index contributed by atoms with van der Waals surface area (Å²) in [5.41, 5.74) is 1.85. The summed E-state index contributed by atoms with van der Waals surface area (Å²) in [5, 5.41) is 22.9. The minimum Gasteiger partial charge on any atom is -0.508 e. The number of carboxylic acid groups (broad SMARTS) is 1. The van der Waals surface area contributed by atoms with Gasteiger partial charge in [0.25, 0.3) is 0 Å². The molecule has 1 aromatic carbocycles. The number of unbranched alkanes of at least 4 members (excludes halogenated alkanes) is 3. The van der Waals surface area contributed by atoms with Gasteiger partial charge in [0.1, 0.15) is 23.1 Å². The number of hydrogen-bond acceptors (Lipinski definition) is 4. The maximum atomic E-state index is 12.7. The highest BCUT2D eigenvalue weighted by molar-refractivity contribution is 5.96. The predicted octanol–water partition coefficient (Wildman–Crippen LogP) is 5.82. The molecule has 3 N–H and O–H groups in total. The highest BCUT2D eigenvalue weighted by Gasteiger charge is 2.47. The molecule has 1 aliphatic heterocycles. The van der Waals surface area contributed by atoms with Gasteiger partial charge < -0.3 is 20.3 Å². The molecule has 34 heavy (non-hydrogen) atoms. The number of ether oxygens (including phenoxy) is 1. The third-order valence-corrected chi connectivity index (χ3v) is 7.75. The standard InChI is InChI=1S/C28H41NO5/c1-7-8-9-10-13-27(3,4)19-15-22(30)24-20-14-18(25(31)29-17(2)26(32)33)11-12-21(20)28(5,6)34-23(24)16-19/h11,15-17,20-21,30H,7-10,12-14H2,1-6H3,(H,29,31)(H,32,33)/t17-,20-,21-/m1/s1. The van der Waals surface area contributed by atoms with Crippen molar-refractivity contribution in [2.24, 2.45) is 5.92 Å². The Morgan fingerprint density at radius 3 is 2.59 bits per heavy atom. The second kappa shape index (κ2) is 10.0. The van der Waals surface area contributed by atoms with Crippen molar-refractivity contribution in [3.8, 4) is 11.5 Å². The van der Waals surface area contributed by atoms with Crippen molar-refractivity contribution in [1.82, 2.24) is 5.32 Å². The van der Waals surface area contributed by atoms with Crippen LogP contribution in [0, 0.1) is 5.92 Å². The highest BCUT2D eigenvalue weighted by atomic mass is 16.5. The second-order valence-corrected chi connectivity index (χ2v) is 11.2. The van der Waals surface area contributed by atoms with Crippen molar-refractivity contribution >= 4 is 11.9 Å². The molecule has 0 radical (unpaired) electrons. The van der Waals surface area contributed by atoms with Crippen molar-refractivity contribution < 1.29 is 24.5 Å². The summed E-state index contributed by atoms with van der Waals surface area (Å²) in [6.45, 7) is 12.2. The fourth-order valence-electron chi connectivity index (χ4n) is 5.46. The Kier molecular flexibility index (Phi) is 7.69. The van der Waals surface area contributed by atoms with Crippen LogP contribution in [0.2, 0.25) is 0 Å². The number of amides is 1. The van der Waals surface area contributed by atoms with E-state index in [1.165, 1.54) is 26.2 Å². The number of phenolic OH excluding ortho intramolecular Hbond substituents is 1. The first kappa shape index (κ1) is 26.1. The fourth-order valence-corrected chi connectivity index (χ4v) is 5.46. The molecule has 0 saturated carbocycles. The van der Waals surface area contributed by atoms with Crippen LogP contribution in [-0.4, -0.2) is 33.7 Å². The summed E-state index contributed by atoms with van der Waals surface area (Å²) in [6.07, 6.45) is 8.80. The molecule has 0 fully saturated rings. The molecule has 0 aromatic heterocycles. The SMILES string of the molecule is CCCCCCC(C)(C)c1cc(O)c2c(c1)OC(C)(C)[C@@H]1CC=C(C(=O)N[C@H](C)C(=O)O)C[C@@H]21. The zero-order chi connectivity index (χ0) is 25.3. The first-order chi connectivity index (χ1) is 15.9. The molecule has 6 nitrogen and oxygen atoms in total. The van der Waals surface area contributed by atoms with Gasteiger partial charge in [-0.15, -0.1) is 0 Å². The monoisotopic (exact) mass is 471 g/mol. The quantitative estimate of drug-likeness (QED) is 0.394. The van der Waals surface area contributed by atoms with Crippen LogP contribution in [0.1, 0.15) is 104 Å².